The maximum absolute atomic E-state index is 9.10. The summed E-state index contributed by atoms with van der Waals surface area (Å²) in [6, 6.07) is 8.30. The number of hydrogen-bond acceptors (Lipinski definition) is 5. The average molecular weight is 380 g/mol. The molecular formula is C21H22ClN5. The van der Waals surface area contributed by atoms with Crippen molar-refractivity contribution in [2.24, 2.45) is 5.92 Å². The molecule has 2 atom stereocenters. The standard InChI is InChI=1S/C21H22ClN5/c22-18-4-1-14(2-5-18)10-24-20-6-3-15(11-25-20)7-17-13-27-21-19(17)8-16(9-23)12-26-21/h3-4,6,8,11-12,14,17H,1-2,5,7,10,13H2,(H,24,25)(H,26,27). The van der Waals surface area contributed by atoms with Gasteiger partial charge in [0, 0.05) is 42.0 Å². The van der Waals surface area contributed by atoms with Crippen molar-refractivity contribution in [3.8, 4) is 6.07 Å². The smallest absolute Gasteiger partial charge is 0.129 e. The quantitative estimate of drug-likeness (QED) is 0.803. The van der Waals surface area contributed by atoms with Crippen LogP contribution in [0.15, 0.2) is 41.7 Å². The van der Waals surface area contributed by atoms with Crippen LogP contribution >= 0.6 is 11.6 Å². The molecule has 2 N–H and O–H groups in total. The van der Waals surface area contributed by atoms with Crippen molar-refractivity contribution >= 4 is 23.2 Å². The molecule has 0 radical (unpaired) electrons. The van der Waals surface area contributed by atoms with Gasteiger partial charge in [-0.1, -0.05) is 23.7 Å². The summed E-state index contributed by atoms with van der Waals surface area (Å²) >= 11 is 6.04. The molecule has 1 aliphatic carbocycles. The van der Waals surface area contributed by atoms with Crippen molar-refractivity contribution < 1.29 is 0 Å². The van der Waals surface area contributed by atoms with E-state index in [1.165, 1.54) is 5.56 Å². The molecule has 0 bridgehead atoms. The Morgan fingerprint density at radius 2 is 2.22 bits per heavy atom. The van der Waals surface area contributed by atoms with Gasteiger partial charge < -0.3 is 10.6 Å². The Kier molecular flexibility index (Phi) is 5.26. The van der Waals surface area contributed by atoms with Crippen LogP contribution in [0.5, 0.6) is 0 Å². The van der Waals surface area contributed by atoms with Crippen LogP contribution in [0.3, 0.4) is 0 Å². The Balaban J connectivity index is 1.35. The lowest BCUT2D eigenvalue weighted by molar-refractivity contribution is 0.500. The molecule has 4 rings (SSSR count). The highest BCUT2D eigenvalue weighted by molar-refractivity contribution is 6.29. The third-order valence-electron chi connectivity index (χ3n) is 5.34. The number of nitrogens with zero attached hydrogens (tertiary/aromatic N) is 3. The first-order valence-electron chi connectivity index (χ1n) is 9.38. The van der Waals surface area contributed by atoms with Gasteiger partial charge in [0.05, 0.1) is 5.56 Å². The zero-order valence-electron chi connectivity index (χ0n) is 15.1. The van der Waals surface area contributed by atoms with E-state index in [-0.39, 0.29) is 0 Å². The first-order chi connectivity index (χ1) is 13.2. The summed E-state index contributed by atoms with van der Waals surface area (Å²) in [7, 11) is 0. The lowest BCUT2D eigenvalue weighted by Crippen LogP contribution is -2.16. The minimum atomic E-state index is 0.320. The van der Waals surface area contributed by atoms with E-state index in [9.17, 15) is 0 Å². The van der Waals surface area contributed by atoms with Crippen LogP contribution < -0.4 is 10.6 Å². The molecule has 2 aliphatic rings. The minimum absolute atomic E-state index is 0.320. The summed E-state index contributed by atoms with van der Waals surface area (Å²) in [5.74, 6) is 2.75. The molecule has 138 valence electrons. The number of aromatic nitrogens is 2. The summed E-state index contributed by atoms with van der Waals surface area (Å²) in [4.78, 5) is 8.91. The Hall–Kier alpha value is -2.58. The first kappa shape index (κ1) is 17.8. The summed E-state index contributed by atoms with van der Waals surface area (Å²) in [6.07, 6.45) is 9.74. The molecule has 0 amide bonds. The van der Waals surface area contributed by atoms with Gasteiger partial charge in [-0.3, -0.25) is 0 Å². The van der Waals surface area contributed by atoms with Crippen LogP contribution in [0.4, 0.5) is 11.6 Å². The van der Waals surface area contributed by atoms with Crippen LogP contribution in [-0.4, -0.2) is 23.1 Å². The number of rotatable bonds is 5. The van der Waals surface area contributed by atoms with E-state index in [2.05, 4.69) is 38.8 Å². The topological polar surface area (TPSA) is 73.6 Å². The molecule has 0 saturated heterocycles. The predicted molar refractivity (Wildman–Crippen MR) is 108 cm³/mol. The SMILES string of the molecule is N#Cc1cnc2c(c1)C(Cc1ccc(NCC3CC=C(Cl)CC3)nc1)CN2. The van der Waals surface area contributed by atoms with Crippen molar-refractivity contribution in [2.75, 3.05) is 23.7 Å². The van der Waals surface area contributed by atoms with Crippen LogP contribution in [0, 0.1) is 17.2 Å². The van der Waals surface area contributed by atoms with Gasteiger partial charge in [0.2, 0.25) is 0 Å². The Labute approximate surface area is 164 Å². The predicted octanol–water partition coefficient (Wildman–Crippen LogP) is 4.43. The molecule has 0 aromatic carbocycles. The van der Waals surface area contributed by atoms with Gasteiger partial charge in [-0.25, -0.2) is 9.97 Å². The zero-order chi connectivity index (χ0) is 18.6. The van der Waals surface area contributed by atoms with Crippen LogP contribution in [0.1, 0.15) is 41.9 Å². The Morgan fingerprint density at radius 3 is 2.96 bits per heavy atom. The monoisotopic (exact) mass is 379 g/mol. The second-order valence-corrected chi connectivity index (χ2v) is 7.77. The summed E-state index contributed by atoms with van der Waals surface area (Å²) in [5, 5.41) is 16.9. The molecule has 6 heteroatoms. The molecule has 3 heterocycles. The van der Waals surface area contributed by atoms with Gasteiger partial charge in [0.25, 0.3) is 0 Å². The van der Waals surface area contributed by atoms with E-state index >= 15 is 0 Å². The highest BCUT2D eigenvalue weighted by Crippen LogP contribution is 2.32. The van der Waals surface area contributed by atoms with Gasteiger partial charge in [-0.15, -0.1) is 0 Å². The zero-order valence-corrected chi connectivity index (χ0v) is 15.8. The molecule has 27 heavy (non-hydrogen) atoms. The van der Waals surface area contributed by atoms with Gasteiger partial charge in [0.1, 0.15) is 17.7 Å². The van der Waals surface area contributed by atoms with Crippen LogP contribution in [-0.2, 0) is 6.42 Å². The number of nitrogens with one attached hydrogen (secondary N) is 2. The van der Waals surface area contributed by atoms with Gasteiger partial charge in [-0.2, -0.15) is 5.26 Å². The van der Waals surface area contributed by atoms with E-state index in [0.717, 1.165) is 61.0 Å². The lowest BCUT2D eigenvalue weighted by Gasteiger charge is -2.20. The third-order valence-corrected chi connectivity index (χ3v) is 5.69. The van der Waals surface area contributed by atoms with Gasteiger partial charge in [0.15, 0.2) is 0 Å². The van der Waals surface area contributed by atoms with E-state index < -0.39 is 0 Å². The fraction of sp³-hybridized carbons (Fsp3) is 0.381. The molecule has 0 spiro atoms. The number of nitriles is 1. The molecule has 0 fully saturated rings. The summed E-state index contributed by atoms with van der Waals surface area (Å²) in [5.41, 5.74) is 2.93. The van der Waals surface area contributed by atoms with E-state index in [0.29, 0.717) is 17.4 Å². The van der Waals surface area contributed by atoms with E-state index in [1.54, 1.807) is 6.20 Å². The second-order valence-electron chi connectivity index (χ2n) is 7.28. The summed E-state index contributed by atoms with van der Waals surface area (Å²) in [6.45, 7) is 1.77. The third kappa shape index (κ3) is 4.23. The maximum atomic E-state index is 9.10. The van der Waals surface area contributed by atoms with Crippen LogP contribution in [0.2, 0.25) is 0 Å². The number of anilines is 2. The number of allylic oxidation sites excluding steroid dienone is 2. The Morgan fingerprint density at radius 1 is 1.30 bits per heavy atom. The first-order valence-corrected chi connectivity index (χ1v) is 9.76. The Bertz CT molecular complexity index is 884. The fourth-order valence-corrected chi connectivity index (χ4v) is 3.94. The molecule has 0 saturated carbocycles. The second kappa shape index (κ2) is 7.98. The van der Waals surface area contributed by atoms with E-state index in [4.69, 9.17) is 16.9 Å². The normalized spacial score (nSPS) is 21.0. The van der Waals surface area contributed by atoms with Crippen molar-refractivity contribution in [3.05, 3.63) is 58.4 Å². The van der Waals surface area contributed by atoms with Crippen molar-refractivity contribution in [3.63, 3.8) is 0 Å². The largest absolute Gasteiger partial charge is 0.370 e. The molecular weight excluding hydrogens is 358 g/mol. The van der Waals surface area contributed by atoms with Crippen molar-refractivity contribution in [1.29, 1.82) is 5.26 Å². The van der Waals surface area contributed by atoms with Crippen molar-refractivity contribution in [1.82, 2.24) is 9.97 Å². The van der Waals surface area contributed by atoms with Gasteiger partial charge >= 0.3 is 0 Å². The number of halogens is 1. The highest BCUT2D eigenvalue weighted by atomic mass is 35.5. The lowest BCUT2D eigenvalue weighted by atomic mass is 9.94. The molecule has 2 aromatic heterocycles. The number of hydrogen-bond donors (Lipinski definition) is 2. The number of fused-ring (bicyclic) bond motifs is 1. The summed E-state index contributed by atoms with van der Waals surface area (Å²) < 4.78 is 0. The highest BCUT2D eigenvalue weighted by Gasteiger charge is 2.24. The van der Waals surface area contributed by atoms with E-state index in [1.807, 2.05) is 18.3 Å². The van der Waals surface area contributed by atoms with Crippen molar-refractivity contribution in [2.45, 2.75) is 31.6 Å². The average Bonchev–Trinajstić information content (AvgIpc) is 3.10. The molecule has 1 aliphatic heterocycles. The van der Waals surface area contributed by atoms with Crippen LogP contribution in [0.25, 0.3) is 0 Å². The maximum Gasteiger partial charge on any atom is 0.129 e. The fourth-order valence-electron chi connectivity index (χ4n) is 3.74. The minimum Gasteiger partial charge on any atom is -0.370 e. The van der Waals surface area contributed by atoms with Gasteiger partial charge in [-0.05, 0) is 49.3 Å². The molecule has 5 nitrogen and oxygen atoms in total. The molecule has 2 aromatic rings. The molecule has 2 unspecified atom stereocenters. The number of pyridine rings is 2.